The van der Waals surface area contributed by atoms with Gasteiger partial charge in [0.05, 0.1) is 25.4 Å². The molecule has 6 heteroatoms. The van der Waals surface area contributed by atoms with Crippen molar-refractivity contribution in [2.24, 2.45) is 0 Å². The molecule has 0 unspecified atom stereocenters. The Morgan fingerprint density at radius 1 is 1.40 bits per heavy atom. The second-order valence-electron chi connectivity index (χ2n) is 4.38. The van der Waals surface area contributed by atoms with Crippen molar-refractivity contribution in [1.29, 1.82) is 0 Å². The number of halogens is 1. The van der Waals surface area contributed by atoms with Crippen LogP contribution in [-0.2, 0) is 0 Å². The molecule has 2 aromatic heterocycles. The van der Waals surface area contributed by atoms with Gasteiger partial charge in [-0.15, -0.1) is 11.3 Å². The summed E-state index contributed by atoms with van der Waals surface area (Å²) in [6, 6.07) is 9.83. The van der Waals surface area contributed by atoms with Gasteiger partial charge in [-0.1, -0.05) is 17.8 Å². The lowest BCUT2D eigenvalue weighted by molar-refractivity contribution is 0.102. The SMILES string of the molecule is Cc1ccc2nc(SCC(=O)c3ccc(Br)s3)[nH]c2c1. The van der Waals surface area contributed by atoms with Crippen LogP contribution >= 0.6 is 39.0 Å². The summed E-state index contributed by atoms with van der Waals surface area (Å²) in [5.41, 5.74) is 3.14. The maximum absolute atomic E-state index is 12.0. The van der Waals surface area contributed by atoms with Crippen molar-refractivity contribution in [2.45, 2.75) is 12.1 Å². The molecular weight excluding hydrogens is 356 g/mol. The van der Waals surface area contributed by atoms with Crippen molar-refractivity contribution in [2.75, 3.05) is 5.75 Å². The molecule has 2 heterocycles. The first-order valence-electron chi connectivity index (χ1n) is 5.99. The largest absolute Gasteiger partial charge is 0.333 e. The number of rotatable bonds is 4. The van der Waals surface area contributed by atoms with Gasteiger partial charge in [0.1, 0.15) is 0 Å². The highest BCUT2D eigenvalue weighted by atomic mass is 79.9. The summed E-state index contributed by atoms with van der Waals surface area (Å²) in [7, 11) is 0. The molecule has 102 valence electrons. The molecule has 0 aliphatic heterocycles. The molecule has 0 fully saturated rings. The molecular formula is C14H11BrN2OS2. The number of aromatic amines is 1. The molecule has 0 saturated heterocycles. The normalized spacial score (nSPS) is 11.1. The standard InChI is InChI=1S/C14H11BrN2OS2/c1-8-2-3-9-10(6-8)17-14(16-9)19-7-11(18)12-4-5-13(15)20-12/h2-6H,7H2,1H3,(H,16,17). The fraction of sp³-hybridized carbons (Fsp3) is 0.143. The second kappa shape index (κ2) is 5.71. The topological polar surface area (TPSA) is 45.8 Å². The third kappa shape index (κ3) is 2.97. The van der Waals surface area contributed by atoms with E-state index in [1.54, 1.807) is 0 Å². The Labute approximate surface area is 132 Å². The van der Waals surface area contributed by atoms with E-state index in [9.17, 15) is 4.79 Å². The fourth-order valence-corrected chi connectivity index (χ4v) is 4.02. The molecule has 3 nitrogen and oxygen atoms in total. The Morgan fingerprint density at radius 2 is 2.25 bits per heavy atom. The third-order valence-electron chi connectivity index (χ3n) is 2.80. The number of thiophene rings is 1. The fourth-order valence-electron chi connectivity index (χ4n) is 1.84. The van der Waals surface area contributed by atoms with E-state index >= 15 is 0 Å². The molecule has 0 bridgehead atoms. The molecule has 0 saturated carbocycles. The van der Waals surface area contributed by atoms with Crippen LogP contribution in [0.1, 0.15) is 15.2 Å². The van der Waals surface area contributed by atoms with Crippen molar-refractivity contribution in [3.63, 3.8) is 0 Å². The number of nitrogens with zero attached hydrogens (tertiary/aromatic N) is 1. The van der Waals surface area contributed by atoms with Crippen molar-refractivity contribution >= 4 is 55.8 Å². The van der Waals surface area contributed by atoms with Crippen LogP contribution in [0, 0.1) is 6.92 Å². The maximum Gasteiger partial charge on any atom is 0.183 e. The number of fused-ring (bicyclic) bond motifs is 1. The number of carbonyl (C=O) groups is 1. The summed E-state index contributed by atoms with van der Waals surface area (Å²) >= 11 is 6.27. The number of hydrogen-bond donors (Lipinski definition) is 1. The van der Waals surface area contributed by atoms with E-state index in [0.29, 0.717) is 5.75 Å². The van der Waals surface area contributed by atoms with Gasteiger partial charge >= 0.3 is 0 Å². The Bertz CT molecular complexity index is 778. The third-order valence-corrected chi connectivity index (χ3v) is 5.34. The summed E-state index contributed by atoms with van der Waals surface area (Å²) in [5.74, 6) is 0.522. The predicted octanol–water partition coefficient (Wildman–Crippen LogP) is 4.67. The zero-order valence-electron chi connectivity index (χ0n) is 10.6. The Hall–Kier alpha value is -1.11. The van der Waals surface area contributed by atoms with Crippen LogP contribution in [-0.4, -0.2) is 21.5 Å². The molecule has 0 spiro atoms. The lowest BCUT2D eigenvalue weighted by Gasteiger charge is -1.95. The summed E-state index contributed by atoms with van der Waals surface area (Å²) in [4.78, 5) is 20.5. The number of hydrogen-bond acceptors (Lipinski definition) is 4. The molecule has 3 rings (SSSR count). The summed E-state index contributed by atoms with van der Waals surface area (Å²) in [5, 5.41) is 0.787. The summed E-state index contributed by atoms with van der Waals surface area (Å²) in [6.45, 7) is 2.05. The number of ketones is 1. The first-order chi connectivity index (χ1) is 9.61. The highest BCUT2D eigenvalue weighted by molar-refractivity contribution is 9.11. The average Bonchev–Trinajstić information content (AvgIpc) is 3.01. The number of Topliss-reactive ketones (excluding diaryl/α,β-unsaturated/α-hetero) is 1. The minimum atomic E-state index is 0.127. The number of aromatic nitrogens is 2. The number of aryl methyl sites for hydroxylation is 1. The van der Waals surface area contributed by atoms with Crippen LogP contribution in [0.3, 0.4) is 0 Å². The molecule has 0 amide bonds. The van der Waals surface area contributed by atoms with Crippen molar-refractivity contribution < 1.29 is 4.79 Å². The van der Waals surface area contributed by atoms with Gasteiger partial charge in [0.15, 0.2) is 10.9 Å². The average molecular weight is 367 g/mol. The lowest BCUT2D eigenvalue weighted by atomic mass is 10.2. The molecule has 0 atom stereocenters. The van der Waals surface area contributed by atoms with E-state index in [2.05, 4.69) is 32.0 Å². The van der Waals surface area contributed by atoms with Gasteiger partial charge in [-0.05, 0) is 52.7 Å². The Morgan fingerprint density at radius 3 is 3.00 bits per heavy atom. The zero-order valence-corrected chi connectivity index (χ0v) is 13.9. The van der Waals surface area contributed by atoms with Crippen LogP contribution in [0.5, 0.6) is 0 Å². The van der Waals surface area contributed by atoms with E-state index in [4.69, 9.17) is 0 Å². The predicted molar refractivity (Wildman–Crippen MR) is 87.9 cm³/mol. The van der Waals surface area contributed by atoms with Crippen LogP contribution in [0.25, 0.3) is 11.0 Å². The van der Waals surface area contributed by atoms with Gasteiger partial charge in [-0.25, -0.2) is 4.98 Å². The quantitative estimate of drug-likeness (QED) is 0.538. The maximum atomic E-state index is 12.0. The van der Waals surface area contributed by atoms with Crippen LogP contribution in [0.4, 0.5) is 0 Å². The van der Waals surface area contributed by atoms with E-state index < -0.39 is 0 Å². The van der Waals surface area contributed by atoms with Gasteiger partial charge in [0.2, 0.25) is 0 Å². The van der Waals surface area contributed by atoms with Crippen molar-refractivity contribution in [3.8, 4) is 0 Å². The van der Waals surface area contributed by atoms with E-state index in [1.807, 2.05) is 31.2 Å². The van der Waals surface area contributed by atoms with Gasteiger partial charge in [0, 0.05) is 0 Å². The molecule has 0 radical (unpaired) electrons. The highest BCUT2D eigenvalue weighted by Crippen LogP contribution is 2.25. The molecule has 1 N–H and O–H groups in total. The number of benzene rings is 1. The van der Waals surface area contributed by atoms with Gasteiger partial charge in [0.25, 0.3) is 0 Å². The van der Waals surface area contributed by atoms with Crippen LogP contribution in [0.2, 0.25) is 0 Å². The number of carbonyl (C=O) groups excluding carboxylic acids is 1. The summed E-state index contributed by atoms with van der Waals surface area (Å²) in [6.07, 6.45) is 0. The van der Waals surface area contributed by atoms with Crippen LogP contribution < -0.4 is 0 Å². The first kappa shape index (κ1) is 13.9. The molecule has 3 aromatic rings. The zero-order chi connectivity index (χ0) is 14.1. The minimum absolute atomic E-state index is 0.127. The molecule has 1 aromatic carbocycles. The van der Waals surface area contributed by atoms with Gasteiger partial charge in [-0.3, -0.25) is 4.79 Å². The van der Waals surface area contributed by atoms with Crippen molar-refractivity contribution in [3.05, 3.63) is 44.6 Å². The molecule has 20 heavy (non-hydrogen) atoms. The molecule has 0 aliphatic rings. The van der Waals surface area contributed by atoms with Crippen molar-refractivity contribution in [1.82, 2.24) is 9.97 Å². The second-order valence-corrected chi connectivity index (χ2v) is 7.81. The van der Waals surface area contributed by atoms with Crippen LogP contribution in [0.15, 0.2) is 39.3 Å². The summed E-state index contributed by atoms with van der Waals surface area (Å²) < 4.78 is 0.977. The van der Waals surface area contributed by atoms with Gasteiger partial charge in [-0.2, -0.15) is 0 Å². The Balaban J connectivity index is 1.72. The Kier molecular flexibility index (Phi) is 3.96. The number of nitrogens with one attached hydrogen (secondary N) is 1. The number of imidazole rings is 1. The van der Waals surface area contributed by atoms with Gasteiger partial charge < -0.3 is 4.98 Å². The van der Waals surface area contributed by atoms with E-state index in [-0.39, 0.29) is 5.78 Å². The molecule has 0 aliphatic carbocycles. The number of H-pyrrole nitrogens is 1. The van der Waals surface area contributed by atoms with E-state index in [1.165, 1.54) is 28.7 Å². The minimum Gasteiger partial charge on any atom is -0.333 e. The first-order valence-corrected chi connectivity index (χ1v) is 8.59. The smallest absolute Gasteiger partial charge is 0.183 e. The number of thioether (sulfide) groups is 1. The monoisotopic (exact) mass is 366 g/mol. The van der Waals surface area contributed by atoms with E-state index in [0.717, 1.165) is 24.9 Å². The lowest BCUT2D eigenvalue weighted by Crippen LogP contribution is -1.99. The highest BCUT2D eigenvalue weighted by Gasteiger charge is 2.11.